The second-order valence-corrected chi connectivity index (χ2v) is 5.91. The Morgan fingerprint density at radius 2 is 2.19 bits per heavy atom. The van der Waals surface area contributed by atoms with E-state index in [-0.39, 0.29) is 5.54 Å². The van der Waals surface area contributed by atoms with E-state index in [4.69, 9.17) is 0 Å². The fourth-order valence-electron chi connectivity index (χ4n) is 2.39. The molecule has 0 aromatic rings. The van der Waals surface area contributed by atoms with Crippen molar-refractivity contribution in [3.05, 3.63) is 12.7 Å². The zero-order chi connectivity index (χ0) is 12.0. The minimum absolute atomic E-state index is 0.266. The van der Waals surface area contributed by atoms with E-state index in [2.05, 4.69) is 37.6 Å². The second kappa shape index (κ2) is 6.41. The summed E-state index contributed by atoms with van der Waals surface area (Å²) in [4.78, 5) is 2.52. The summed E-state index contributed by atoms with van der Waals surface area (Å²) in [5.74, 6) is 0.922. The van der Waals surface area contributed by atoms with Gasteiger partial charge in [0.1, 0.15) is 0 Å². The van der Waals surface area contributed by atoms with Crippen LogP contribution in [0.15, 0.2) is 12.7 Å². The molecule has 1 atom stereocenters. The monoisotopic (exact) mass is 224 g/mol. The molecular weight excluding hydrogens is 196 g/mol. The third-order valence-electron chi connectivity index (χ3n) is 3.50. The van der Waals surface area contributed by atoms with Gasteiger partial charge in [0, 0.05) is 12.1 Å². The highest BCUT2D eigenvalue weighted by Gasteiger charge is 2.20. The molecule has 0 amide bonds. The highest BCUT2D eigenvalue weighted by molar-refractivity contribution is 4.83. The van der Waals surface area contributed by atoms with E-state index in [0.717, 1.165) is 12.5 Å². The van der Waals surface area contributed by atoms with Crippen molar-refractivity contribution in [1.82, 2.24) is 10.2 Å². The van der Waals surface area contributed by atoms with Crippen molar-refractivity contribution in [2.24, 2.45) is 5.92 Å². The van der Waals surface area contributed by atoms with Crippen molar-refractivity contribution >= 4 is 0 Å². The fraction of sp³-hybridized carbons (Fsp3) is 0.857. The van der Waals surface area contributed by atoms with Crippen LogP contribution in [0.3, 0.4) is 0 Å². The van der Waals surface area contributed by atoms with Crippen LogP contribution in [-0.2, 0) is 0 Å². The number of hydrogen-bond acceptors (Lipinski definition) is 2. The van der Waals surface area contributed by atoms with Crippen LogP contribution in [0.5, 0.6) is 0 Å². The van der Waals surface area contributed by atoms with Crippen LogP contribution in [-0.4, -0.2) is 36.6 Å². The van der Waals surface area contributed by atoms with Crippen LogP contribution in [0.2, 0.25) is 0 Å². The molecule has 16 heavy (non-hydrogen) atoms. The number of nitrogens with one attached hydrogen (secondary N) is 1. The van der Waals surface area contributed by atoms with Gasteiger partial charge in [0.05, 0.1) is 0 Å². The largest absolute Gasteiger partial charge is 0.316 e. The molecule has 1 unspecified atom stereocenters. The Morgan fingerprint density at radius 1 is 1.44 bits per heavy atom. The summed E-state index contributed by atoms with van der Waals surface area (Å²) in [6.45, 7) is 15.4. The third-order valence-corrected chi connectivity index (χ3v) is 3.50. The van der Waals surface area contributed by atoms with Crippen LogP contribution in [0.25, 0.3) is 0 Å². The van der Waals surface area contributed by atoms with Crippen LogP contribution >= 0.6 is 0 Å². The third kappa shape index (κ3) is 4.67. The standard InChI is InChI=1S/C14H28N2/c1-5-10-16(14(2,3)4)11-6-7-13-8-9-15-12-13/h5,13,15H,1,6-12H2,2-4H3. The summed E-state index contributed by atoms with van der Waals surface area (Å²) in [5, 5.41) is 3.44. The molecule has 1 aliphatic heterocycles. The zero-order valence-corrected chi connectivity index (χ0v) is 11.3. The highest BCUT2D eigenvalue weighted by atomic mass is 15.2. The summed E-state index contributed by atoms with van der Waals surface area (Å²) in [7, 11) is 0. The van der Waals surface area contributed by atoms with Crippen LogP contribution in [0.4, 0.5) is 0 Å². The maximum Gasteiger partial charge on any atom is 0.0165 e. The molecule has 1 rings (SSSR count). The fourth-order valence-corrected chi connectivity index (χ4v) is 2.39. The van der Waals surface area contributed by atoms with Gasteiger partial charge in [-0.15, -0.1) is 6.58 Å². The molecule has 1 aliphatic rings. The molecule has 2 nitrogen and oxygen atoms in total. The van der Waals surface area contributed by atoms with Gasteiger partial charge in [-0.05, 0) is 65.6 Å². The zero-order valence-electron chi connectivity index (χ0n) is 11.3. The van der Waals surface area contributed by atoms with Crippen molar-refractivity contribution in [1.29, 1.82) is 0 Å². The summed E-state index contributed by atoms with van der Waals surface area (Å²) < 4.78 is 0. The van der Waals surface area contributed by atoms with Crippen LogP contribution in [0.1, 0.15) is 40.0 Å². The Morgan fingerprint density at radius 3 is 2.69 bits per heavy atom. The Hall–Kier alpha value is -0.340. The molecule has 1 fully saturated rings. The second-order valence-electron chi connectivity index (χ2n) is 5.91. The van der Waals surface area contributed by atoms with Gasteiger partial charge in [-0.25, -0.2) is 0 Å². The topological polar surface area (TPSA) is 15.3 Å². The van der Waals surface area contributed by atoms with Crippen molar-refractivity contribution in [2.45, 2.75) is 45.6 Å². The predicted octanol–water partition coefficient (Wildman–Crippen LogP) is 2.66. The summed E-state index contributed by atoms with van der Waals surface area (Å²) in [5.41, 5.74) is 0.266. The molecule has 1 N–H and O–H groups in total. The first-order valence-corrected chi connectivity index (χ1v) is 6.60. The molecule has 0 aliphatic carbocycles. The van der Waals surface area contributed by atoms with E-state index in [0.29, 0.717) is 0 Å². The van der Waals surface area contributed by atoms with Gasteiger partial charge >= 0.3 is 0 Å². The highest BCUT2D eigenvalue weighted by Crippen LogP contribution is 2.18. The van der Waals surface area contributed by atoms with Crippen LogP contribution < -0.4 is 5.32 Å². The predicted molar refractivity (Wildman–Crippen MR) is 71.7 cm³/mol. The summed E-state index contributed by atoms with van der Waals surface area (Å²) in [6, 6.07) is 0. The lowest BCUT2D eigenvalue weighted by molar-refractivity contribution is 0.149. The summed E-state index contributed by atoms with van der Waals surface area (Å²) >= 11 is 0. The quantitative estimate of drug-likeness (QED) is 0.698. The van der Waals surface area contributed by atoms with Crippen LogP contribution in [0, 0.1) is 5.92 Å². The average Bonchev–Trinajstić information content (AvgIpc) is 2.67. The molecule has 0 aromatic heterocycles. The lowest BCUT2D eigenvalue weighted by Gasteiger charge is -2.35. The molecular formula is C14H28N2. The van der Waals surface area contributed by atoms with Gasteiger partial charge in [0.25, 0.3) is 0 Å². The smallest absolute Gasteiger partial charge is 0.0165 e. The minimum atomic E-state index is 0.266. The Balaban J connectivity index is 2.23. The average molecular weight is 224 g/mol. The lowest BCUT2D eigenvalue weighted by Crippen LogP contribution is -2.42. The Bertz CT molecular complexity index is 199. The summed E-state index contributed by atoms with van der Waals surface area (Å²) in [6.07, 6.45) is 6.08. The molecule has 2 heteroatoms. The normalized spacial score (nSPS) is 21.6. The minimum Gasteiger partial charge on any atom is -0.316 e. The molecule has 1 heterocycles. The van der Waals surface area contributed by atoms with E-state index in [1.807, 2.05) is 6.08 Å². The molecule has 0 aromatic carbocycles. The molecule has 0 radical (unpaired) electrons. The number of nitrogens with zero attached hydrogens (tertiary/aromatic N) is 1. The van der Waals surface area contributed by atoms with Crippen molar-refractivity contribution in [3.8, 4) is 0 Å². The van der Waals surface area contributed by atoms with E-state index in [1.165, 1.54) is 38.9 Å². The maximum atomic E-state index is 3.85. The molecule has 1 saturated heterocycles. The van der Waals surface area contributed by atoms with Gasteiger partial charge in [-0.1, -0.05) is 6.08 Å². The van der Waals surface area contributed by atoms with Gasteiger partial charge in [-0.3, -0.25) is 4.90 Å². The number of hydrogen-bond donors (Lipinski definition) is 1. The van der Waals surface area contributed by atoms with Crippen molar-refractivity contribution < 1.29 is 0 Å². The first-order valence-electron chi connectivity index (χ1n) is 6.60. The first kappa shape index (κ1) is 13.7. The molecule has 0 saturated carbocycles. The van der Waals surface area contributed by atoms with Gasteiger partial charge < -0.3 is 5.32 Å². The molecule has 94 valence electrons. The van der Waals surface area contributed by atoms with E-state index < -0.39 is 0 Å². The van der Waals surface area contributed by atoms with E-state index >= 15 is 0 Å². The number of rotatable bonds is 6. The van der Waals surface area contributed by atoms with Gasteiger partial charge in [0.15, 0.2) is 0 Å². The van der Waals surface area contributed by atoms with Crippen molar-refractivity contribution in [3.63, 3.8) is 0 Å². The van der Waals surface area contributed by atoms with E-state index in [9.17, 15) is 0 Å². The van der Waals surface area contributed by atoms with Gasteiger partial charge in [-0.2, -0.15) is 0 Å². The lowest BCUT2D eigenvalue weighted by atomic mass is 10.0. The van der Waals surface area contributed by atoms with Gasteiger partial charge in [0.2, 0.25) is 0 Å². The van der Waals surface area contributed by atoms with E-state index in [1.54, 1.807) is 0 Å². The maximum absolute atomic E-state index is 3.85. The van der Waals surface area contributed by atoms with Crippen molar-refractivity contribution in [2.75, 3.05) is 26.2 Å². The first-order chi connectivity index (χ1) is 7.54. The molecule has 0 spiro atoms. The Labute approximate surface area is 101 Å². The molecule has 0 bridgehead atoms. The SMILES string of the molecule is C=CCN(CCCC1CCNC1)C(C)(C)C. The Kier molecular flexibility index (Phi) is 5.50.